The zero-order valence-corrected chi connectivity index (χ0v) is 12.0. The van der Waals surface area contributed by atoms with E-state index in [2.05, 4.69) is 13.6 Å². The Morgan fingerprint density at radius 1 is 1.09 bits per heavy atom. The standard InChI is InChI=1S/C11H7F6O5P/c1-20-23(19)21-7-5-3-2-4-6(7)8(18)9(22-23,10(12,13)14)11(15,16)17/h2-5H,1H3/t23-/m1/s1. The lowest BCUT2D eigenvalue weighted by molar-refractivity contribution is -0.335. The number of carbonyl (C=O) groups is 1. The summed E-state index contributed by atoms with van der Waals surface area (Å²) >= 11 is 0. The summed E-state index contributed by atoms with van der Waals surface area (Å²) in [5.41, 5.74) is -6.46. The number of para-hydroxylation sites is 1. The summed E-state index contributed by atoms with van der Waals surface area (Å²) in [4.78, 5) is 12.0. The van der Waals surface area contributed by atoms with Crippen molar-refractivity contribution in [1.29, 1.82) is 0 Å². The summed E-state index contributed by atoms with van der Waals surface area (Å²) in [5, 5.41) is 0. The van der Waals surface area contributed by atoms with Crippen molar-refractivity contribution in [3.8, 4) is 5.75 Å². The Balaban J connectivity index is 2.86. The summed E-state index contributed by atoms with van der Waals surface area (Å²) in [6.45, 7) is 0. The van der Waals surface area contributed by atoms with Gasteiger partial charge in [-0.1, -0.05) is 12.1 Å². The number of hydrogen-bond acceptors (Lipinski definition) is 5. The summed E-state index contributed by atoms with van der Waals surface area (Å²) in [6, 6.07) is 3.70. The second-order valence-corrected chi connectivity index (χ2v) is 5.94. The van der Waals surface area contributed by atoms with Crippen LogP contribution in [0.4, 0.5) is 26.3 Å². The minimum Gasteiger partial charge on any atom is -0.403 e. The number of benzene rings is 1. The van der Waals surface area contributed by atoms with Crippen LogP contribution in [0.5, 0.6) is 5.75 Å². The molecule has 12 heteroatoms. The lowest BCUT2D eigenvalue weighted by Crippen LogP contribution is -2.63. The van der Waals surface area contributed by atoms with Gasteiger partial charge in [-0.3, -0.25) is 9.32 Å². The molecular formula is C11H7F6O5P. The van der Waals surface area contributed by atoms with Crippen LogP contribution >= 0.6 is 7.82 Å². The van der Waals surface area contributed by atoms with Crippen molar-refractivity contribution in [2.75, 3.05) is 7.11 Å². The summed E-state index contributed by atoms with van der Waals surface area (Å²) < 4.78 is 103. The van der Waals surface area contributed by atoms with E-state index in [1.54, 1.807) is 0 Å². The van der Waals surface area contributed by atoms with Crippen molar-refractivity contribution in [2.24, 2.45) is 0 Å². The van der Waals surface area contributed by atoms with Gasteiger partial charge in [-0.15, -0.1) is 0 Å². The number of fused-ring (bicyclic) bond motifs is 1. The first kappa shape index (κ1) is 17.8. The van der Waals surface area contributed by atoms with Gasteiger partial charge in [0.25, 0.3) is 0 Å². The molecule has 1 aromatic rings. The highest BCUT2D eigenvalue weighted by molar-refractivity contribution is 7.49. The van der Waals surface area contributed by atoms with E-state index in [4.69, 9.17) is 0 Å². The zero-order valence-electron chi connectivity index (χ0n) is 11.1. The maximum atomic E-state index is 13.2. The average molecular weight is 364 g/mol. The molecule has 1 heterocycles. The number of ketones is 1. The third-order valence-corrected chi connectivity index (χ3v) is 4.30. The fourth-order valence-corrected chi connectivity index (χ4v) is 3.08. The summed E-state index contributed by atoms with van der Waals surface area (Å²) in [5.74, 6) is -3.28. The third kappa shape index (κ3) is 2.62. The normalized spacial score (nSPS) is 24.6. The molecule has 0 spiro atoms. The van der Waals surface area contributed by atoms with Crippen molar-refractivity contribution in [2.45, 2.75) is 18.0 Å². The van der Waals surface area contributed by atoms with Crippen LogP contribution in [0.2, 0.25) is 0 Å². The van der Waals surface area contributed by atoms with Gasteiger partial charge in [0.15, 0.2) is 0 Å². The van der Waals surface area contributed by atoms with Gasteiger partial charge in [0, 0.05) is 7.11 Å². The van der Waals surface area contributed by atoms with Crippen LogP contribution < -0.4 is 4.52 Å². The van der Waals surface area contributed by atoms with E-state index < -0.39 is 42.9 Å². The van der Waals surface area contributed by atoms with E-state index in [9.17, 15) is 35.7 Å². The van der Waals surface area contributed by atoms with Gasteiger partial charge in [-0.2, -0.15) is 26.3 Å². The molecule has 128 valence electrons. The summed E-state index contributed by atoms with van der Waals surface area (Å²) in [6.07, 6.45) is -12.5. The molecule has 1 aliphatic rings. The SMILES string of the molecule is CO[P@]1(=O)Oc2ccccc2C(=O)C(C(F)(F)F)(C(F)(F)F)O1. The van der Waals surface area contributed by atoms with Crippen molar-refractivity contribution in [3.05, 3.63) is 29.8 Å². The fraction of sp³-hybridized carbons (Fsp3) is 0.364. The summed E-state index contributed by atoms with van der Waals surface area (Å²) in [7, 11) is -4.86. The van der Waals surface area contributed by atoms with Gasteiger partial charge in [-0.25, -0.2) is 9.09 Å². The molecule has 0 N–H and O–H groups in total. The molecule has 0 amide bonds. The quantitative estimate of drug-likeness (QED) is 0.559. The lowest BCUT2D eigenvalue weighted by Gasteiger charge is -2.34. The van der Waals surface area contributed by atoms with E-state index in [0.29, 0.717) is 13.2 Å². The van der Waals surface area contributed by atoms with Gasteiger partial charge < -0.3 is 4.52 Å². The number of rotatable bonds is 1. The Hall–Kier alpha value is -1.58. The van der Waals surface area contributed by atoms with Gasteiger partial charge in [0.1, 0.15) is 5.75 Å². The number of Topliss-reactive ketones (excluding diaryl/α,β-unsaturated/α-hetero) is 1. The Morgan fingerprint density at radius 2 is 1.61 bits per heavy atom. The number of phosphoric ester groups is 1. The Kier molecular flexibility index (Phi) is 4.03. The van der Waals surface area contributed by atoms with Crippen LogP contribution in [-0.4, -0.2) is 30.8 Å². The van der Waals surface area contributed by atoms with Gasteiger partial charge in [-0.05, 0) is 12.1 Å². The molecule has 1 atom stereocenters. The predicted octanol–water partition coefficient (Wildman–Crippen LogP) is 3.90. The first-order valence-corrected chi connectivity index (χ1v) is 7.17. The highest BCUT2D eigenvalue weighted by Gasteiger charge is 2.80. The van der Waals surface area contributed by atoms with Crippen LogP contribution in [0.3, 0.4) is 0 Å². The smallest absolute Gasteiger partial charge is 0.403 e. The molecule has 0 fully saturated rings. The van der Waals surface area contributed by atoms with Crippen molar-refractivity contribution in [3.63, 3.8) is 0 Å². The molecule has 0 aromatic heterocycles. The van der Waals surface area contributed by atoms with E-state index in [1.165, 1.54) is 0 Å². The number of halogens is 6. The lowest BCUT2D eigenvalue weighted by atomic mass is 9.91. The van der Waals surface area contributed by atoms with Crippen LogP contribution in [0.15, 0.2) is 24.3 Å². The third-order valence-electron chi connectivity index (χ3n) is 2.93. The maximum absolute atomic E-state index is 13.2. The van der Waals surface area contributed by atoms with Gasteiger partial charge >= 0.3 is 25.8 Å². The second kappa shape index (κ2) is 5.22. The first-order valence-electron chi connectivity index (χ1n) is 5.71. The minimum absolute atomic E-state index is 0.524. The van der Waals surface area contributed by atoms with E-state index in [-0.39, 0.29) is 0 Å². The second-order valence-electron chi connectivity index (χ2n) is 4.31. The van der Waals surface area contributed by atoms with Crippen molar-refractivity contribution >= 4 is 13.6 Å². The van der Waals surface area contributed by atoms with E-state index in [0.717, 1.165) is 18.2 Å². The van der Waals surface area contributed by atoms with E-state index >= 15 is 0 Å². The fourth-order valence-electron chi connectivity index (χ4n) is 1.87. The Morgan fingerprint density at radius 3 is 2.09 bits per heavy atom. The zero-order chi connectivity index (χ0) is 17.7. The molecule has 1 aromatic carbocycles. The van der Waals surface area contributed by atoms with Crippen LogP contribution in [-0.2, 0) is 13.6 Å². The first-order chi connectivity index (χ1) is 10.4. The van der Waals surface area contributed by atoms with E-state index in [1.807, 2.05) is 0 Å². The highest BCUT2D eigenvalue weighted by atomic mass is 31.2. The molecule has 0 radical (unpaired) electrons. The number of hydrogen-bond donors (Lipinski definition) is 0. The maximum Gasteiger partial charge on any atom is 0.531 e. The molecule has 1 aliphatic heterocycles. The topological polar surface area (TPSA) is 61.8 Å². The Labute approximate surface area is 124 Å². The molecule has 23 heavy (non-hydrogen) atoms. The average Bonchev–Trinajstić information content (AvgIpc) is 2.52. The molecule has 0 unspecified atom stereocenters. The molecule has 0 aliphatic carbocycles. The monoisotopic (exact) mass is 364 g/mol. The molecule has 0 saturated carbocycles. The largest absolute Gasteiger partial charge is 0.531 e. The van der Waals surface area contributed by atoms with Gasteiger partial charge in [0.2, 0.25) is 5.78 Å². The van der Waals surface area contributed by atoms with Gasteiger partial charge in [0.05, 0.1) is 5.56 Å². The van der Waals surface area contributed by atoms with Crippen LogP contribution in [0, 0.1) is 0 Å². The highest BCUT2D eigenvalue weighted by Crippen LogP contribution is 2.62. The van der Waals surface area contributed by atoms with Crippen molar-refractivity contribution < 1.29 is 49.3 Å². The number of alkyl halides is 6. The molecule has 2 rings (SSSR count). The van der Waals surface area contributed by atoms with Crippen LogP contribution in [0.1, 0.15) is 10.4 Å². The minimum atomic E-state index is -6.27. The number of carbonyl (C=O) groups excluding carboxylic acids is 1. The molecule has 0 saturated heterocycles. The number of phosphoric acid groups is 1. The Bertz CT molecular complexity index is 668. The molecule has 5 nitrogen and oxygen atoms in total. The predicted molar refractivity (Wildman–Crippen MR) is 61.9 cm³/mol. The van der Waals surface area contributed by atoms with Crippen LogP contribution in [0.25, 0.3) is 0 Å². The molecular weight excluding hydrogens is 357 g/mol. The molecule has 0 bridgehead atoms. The van der Waals surface area contributed by atoms with Crippen molar-refractivity contribution in [1.82, 2.24) is 0 Å².